The Hall–Kier alpha value is -1.98. The molecule has 0 radical (unpaired) electrons. The maximum Gasteiger partial charge on any atom is 0.272 e. The maximum absolute atomic E-state index is 12.7. The Bertz CT molecular complexity index is 736. The van der Waals surface area contributed by atoms with E-state index < -0.39 is 0 Å². The molecule has 2 aliphatic rings. The zero-order valence-corrected chi connectivity index (χ0v) is 13.8. The number of aliphatic hydroxyl groups excluding tert-OH is 1. The molecule has 1 atom stereocenters. The fourth-order valence-corrected chi connectivity index (χ4v) is 3.38. The lowest BCUT2D eigenvalue weighted by molar-refractivity contribution is 0.0485. The summed E-state index contributed by atoms with van der Waals surface area (Å²) in [6, 6.07) is 11.6. The van der Waals surface area contributed by atoms with Crippen LogP contribution in [0, 0.1) is 5.92 Å². The number of carbonyl (C=O) groups is 1. The first-order valence-corrected chi connectivity index (χ1v) is 8.76. The molecule has 5 nitrogen and oxygen atoms in total. The van der Waals surface area contributed by atoms with Gasteiger partial charge >= 0.3 is 0 Å². The second-order valence-electron chi connectivity index (χ2n) is 6.89. The van der Waals surface area contributed by atoms with Gasteiger partial charge in [-0.05, 0) is 30.9 Å². The summed E-state index contributed by atoms with van der Waals surface area (Å²) in [5.41, 5.74) is 1.37. The Morgan fingerprint density at radius 1 is 1.12 bits per heavy atom. The van der Waals surface area contributed by atoms with Gasteiger partial charge in [-0.15, -0.1) is 0 Å². The molecule has 2 aromatic rings. The smallest absolute Gasteiger partial charge is 0.272 e. The van der Waals surface area contributed by atoms with Gasteiger partial charge in [-0.3, -0.25) is 9.69 Å². The van der Waals surface area contributed by atoms with Crippen LogP contribution in [0.5, 0.6) is 0 Å². The van der Waals surface area contributed by atoms with Crippen molar-refractivity contribution >= 4 is 16.8 Å². The predicted molar refractivity (Wildman–Crippen MR) is 92.8 cm³/mol. The average Bonchev–Trinajstić information content (AvgIpc) is 3.46. The number of pyridine rings is 1. The summed E-state index contributed by atoms with van der Waals surface area (Å²) < 4.78 is 0. The number of rotatable bonds is 4. The van der Waals surface area contributed by atoms with E-state index in [0.717, 1.165) is 43.4 Å². The number of aromatic nitrogens is 1. The third kappa shape index (κ3) is 3.28. The molecule has 1 saturated heterocycles. The van der Waals surface area contributed by atoms with Gasteiger partial charge in [0.25, 0.3) is 5.91 Å². The molecule has 2 heterocycles. The van der Waals surface area contributed by atoms with Crippen molar-refractivity contribution in [2.75, 3.05) is 32.7 Å². The van der Waals surface area contributed by atoms with Crippen LogP contribution in [0.25, 0.3) is 10.9 Å². The summed E-state index contributed by atoms with van der Waals surface area (Å²) in [4.78, 5) is 21.3. The van der Waals surface area contributed by atoms with Gasteiger partial charge in [-0.2, -0.15) is 0 Å². The first-order chi connectivity index (χ1) is 11.7. The van der Waals surface area contributed by atoms with Crippen LogP contribution >= 0.6 is 0 Å². The highest BCUT2D eigenvalue weighted by atomic mass is 16.3. The van der Waals surface area contributed by atoms with Gasteiger partial charge < -0.3 is 10.0 Å². The number of hydrogen-bond acceptors (Lipinski definition) is 4. The number of β-amino-alcohol motifs (C(OH)–C–C–N with tert-alkyl or cyclic N) is 1. The lowest BCUT2D eigenvalue weighted by Crippen LogP contribution is -2.50. The lowest BCUT2D eigenvalue weighted by Gasteiger charge is -2.35. The van der Waals surface area contributed by atoms with Gasteiger partial charge in [0.05, 0.1) is 11.6 Å². The van der Waals surface area contributed by atoms with Crippen molar-refractivity contribution in [3.63, 3.8) is 0 Å². The molecule has 1 aromatic heterocycles. The molecule has 0 unspecified atom stereocenters. The van der Waals surface area contributed by atoms with Crippen LogP contribution < -0.4 is 0 Å². The van der Waals surface area contributed by atoms with Gasteiger partial charge in [0, 0.05) is 38.1 Å². The zero-order valence-electron chi connectivity index (χ0n) is 13.8. The van der Waals surface area contributed by atoms with Crippen molar-refractivity contribution in [2.45, 2.75) is 18.9 Å². The quantitative estimate of drug-likeness (QED) is 0.931. The Morgan fingerprint density at radius 3 is 2.62 bits per heavy atom. The number of benzene rings is 1. The van der Waals surface area contributed by atoms with E-state index in [1.165, 1.54) is 0 Å². The highest BCUT2D eigenvalue weighted by molar-refractivity contribution is 5.95. The van der Waals surface area contributed by atoms with Crippen molar-refractivity contribution < 1.29 is 9.90 Å². The Morgan fingerprint density at radius 2 is 1.88 bits per heavy atom. The molecule has 0 bridgehead atoms. The van der Waals surface area contributed by atoms with Gasteiger partial charge in [0.2, 0.25) is 0 Å². The van der Waals surface area contributed by atoms with E-state index in [1.54, 1.807) is 0 Å². The first kappa shape index (κ1) is 15.5. The molecule has 5 heteroatoms. The van der Waals surface area contributed by atoms with Crippen molar-refractivity contribution in [1.29, 1.82) is 0 Å². The van der Waals surface area contributed by atoms with E-state index >= 15 is 0 Å². The number of aliphatic hydroxyl groups is 1. The van der Waals surface area contributed by atoms with Crippen molar-refractivity contribution in [3.8, 4) is 0 Å². The minimum Gasteiger partial charge on any atom is -0.392 e. The maximum atomic E-state index is 12.7. The van der Waals surface area contributed by atoms with E-state index in [4.69, 9.17) is 0 Å². The fraction of sp³-hybridized carbons (Fsp3) is 0.474. The van der Waals surface area contributed by atoms with Gasteiger partial charge in [-0.1, -0.05) is 24.3 Å². The van der Waals surface area contributed by atoms with Gasteiger partial charge in [0.15, 0.2) is 0 Å². The number of fused-ring (bicyclic) bond motifs is 1. The van der Waals surface area contributed by atoms with Crippen molar-refractivity contribution in [2.24, 2.45) is 5.92 Å². The Labute approximate surface area is 141 Å². The lowest BCUT2D eigenvalue weighted by atomic mass is 10.1. The van der Waals surface area contributed by atoms with E-state index in [1.807, 2.05) is 41.3 Å². The van der Waals surface area contributed by atoms with Crippen LogP contribution in [0.15, 0.2) is 36.4 Å². The number of hydrogen-bond donors (Lipinski definition) is 1. The first-order valence-electron chi connectivity index (χ1n) is 8.76. The van der Waals surface area contributed by atoms with E-state index in [0.29, 0.717) is 24.7 Å². The molecule has 1 aliphatic heterocycles. The van der Waals surface area contributed by atoms with E-state index in [9.17, 15) is 9.90 Å². The van der Waals surface area contributed by atoms with E-state index in [-0.39, 0.29) is 12.0 Å². The molecule has 126 valence electrons. The molecule has 1 amide bonds. The summed E-state index contributed by atoms with van der Waals surface area (Å²) in [5, 5.41) is 11.1. The van der Waals surface area contributed by atoms with Gasteiger partial charge in [-0.25, -0.2) is 4.98 Å². The van der Waals surface area contributed by atoms with Crippen LogP contribution in [0.2, 0.25) is 0 Å². The van der Waals surface area contributed by atoms with Gasteiger partial charge in [0.1, 0.15) is 5.69 Å². The molecule has 1 N–H and O–H groups in total. The second kappa shape index (κ2) is 6.49. The predicted octanol–water partition coefficient (Wildman–Crippen LogP) is 1.76. The second-order valence-corrected chi connectivity index (χ2v) is 6.89. The highest BCUT2D eigenvalue weighted by Gasteiger charge is 2.32. The number of carbonyl (C=O) groups excluding carboxylic acids is 1. The normalized spacial score (nSPS) is 20.3. The minimum atomic E-state index is -0.200. The third-order valence-electron chi connectivity index (χ3n) is 5.09. The highest BCUT2D eigenvalue weighted by Crippen LogP contribution is 2.32. The van der Waals surface area contributed by atoms with E-state index in [2.05, 4.69) is 9.88 Å². The molecule has 1 aliphatic carbocycles. The molecule has 4 rings (SSSR count). The monoisotopic (exact) mass is 325 g/mol. The summed E-state index contributed by atoms with van der Waals surface area (Å²) >= 11 is 0. The third-order valence-corrected chi connectivity index (χ3v) is 5.09. The van der Waals surface area contributed by atoms with Crippen LogP contribution in [0.3, 0.4) is 0 Å². The number of amides is 1. The minimum absolute atomic E-state index is 0.00291. The van der Waals surface area contributed by atoms with Crippen LogP contribution in [-0.4, -0.2) is 64.6 Å². The molecular weight excluding hydrogens is 302 g/mol. The molecule has 1 saturated carbocycles. The molecule has 24 heavy (non-hydrogen) atoms. The van der Waals surface area contributed by atoms with Crippen molar-refractivity contribution in [1.82, 2.24) is 14.8 Å². The molecular formula is C19H23N3O2. The number of para-hydroxylation sites is 1. The number of piperazine rings is 1. The van der Waals surface area contributed by atoms with Crippen LogP contribution in [0.4, 0.5) is 0 Å². The van der Waals surface area contributed by atoms with Crippen molar-refractivity contribution in [3.05, 3.63) is 42.1 Å². The fourth-order valence-electron chi connectivity index (χ4n) is 3.38. The number of nitrogens with zero attached hydrogens (tertiary/aromatic N) is 3. The zero-order chi connectivity index (χ0) is 16.5. The summed E-state index contributed by atoms with van der Waals surface area (Å²) in [6.45, 7) is 3.78. The molecule has 1 aromatic carbocycles. The Kier molecular flexibility index (Phi) is 4.21. The summed E-state index contributed by atoms with van der Waals surface area (Å²) in [7, 11) is 0. The molecule has 0 spiro atoms. The Balaban J connectivity index is 1.38. The molecule has 2 fully saturated rings. The summed E-state index contributed by atoms with van der Waals surface area (Å²) in [5.74, 6) is 0.509. The summed E-state index contributed by atoms with van der Waals surface area (Å²) in [6.07, 6.45) is 2.12. The standard InChI is InChI=1S/C19H23N3O2/c23-18(15-5-6-15)13-21-9-11-22(12-10-21)19(24)17-8-7-14-3-1-2-4-16(14)20-17/h1-4,7-8,15,18,23H,5-6,9-13H2/t18-/m0/s1. The topological polar surface area (TPSA) is 56.7 Å². The van der Waals surface area contributed by atoms with Crippen LogP contribution in [-0.2, 0) is 0 Å². The largest absolute Gasteiger partial charge is 0.392 e. The SMILES string of the molecule is O=C(c1ccc2ccccc2n1)N1CCN(C[C@H](O)C2CC2)CC1. The average molecular weight is 325 g/mol. The van der Waals surface area contributed by atoms with Crippen LogP contribution in [0.1, 0.15) is 23.3 Å².